The summed E-state index contributed by atoms with van der Waals surface area (Å²) >= 11 is 1.13. The summed E-state index contributed by atoms with van der Waals surface area (Å²) in [6.07, 6.45) is -3.40. The van der Waals surface area contributed by atoms with Gasteiger partial charge in [0.15, 0.2) is 10.8 Å². The molecule has 178 valence electrons. The van der Waals surface area contributed by atoms with Gasteiger partial charge in [0.05, 0.1) is 22.3 Å². The second-order valence-corrected chi connectivity index (χ2v) is 8.38. The molecule has 0 radical (unpaired) electrons. The predicted molar refractivity (Wildman–Crippen MR) is 119 cm³/mol. The highest BCUT2D eigenvalue weighted by molar-refractivity contribution is 7.22. The molecule has 3 heterocycles. The Bertz CT molecular complexity index is 1400. The van der Waals surface area contributed by atoms with Crippen molar-refractivity contribution < 1.29 is 27.5 Å². The fraction of sp³-hybridized carbons (Fsp3) is 0.250. The summed E-state index contributed by atoms with van der Waals surface area (Å²) in [6.45, 7) is -0.147. The van der Waals surface area contributed by atoms with E-state index in [1.807, 2.05) is 0 Å². The lowest BCUT2D eigenvalue weighted by molar-refractivity contribution is -0.274. The summed E-state index contributed by atoms with van der Waals surface area (Å²) in [4.78, 5) is 38.5. The number of halogens is 3. The molecule has 34 heavy (non-hydrogen) atoms. The number of anilines is 2. The summed E-state index contributed by atoms with van der Waals surface area (Å²) in [5.41, 5.74) is 1.65. The lowest BCUT2D eigenvalue weighted by Crippen LogP contribution is -2.36. The summed E-state index contributed by atoms with van der Waals surface area (Å²) in [5.74, 6) is -0.679. The Hall–Kier alpha value is -3.94. The molecular weight excluding hydrogens is 475 g/mol. The summed E-state index contributed by atoms with van der Waals surface area (Å²) in [5, 5.41) is 5.96. The molecule has 0 saturated heterocycles. The van der Waals surface area contributed by atoms with Crippen LogP contribution in [0.15, 0.2) is 30.5 Å². The number of aromatic nitrogens is 4. The van der Waals surface area contributed by atoms with Gasteiger partial charge >= 0.3 is 6.36 Å². The summed E-state index contributed by atoms with van der Waals surface area (Å²) < 4.78 is 43.5. The minimum Gasteiger partial charge on any atom is -0.406 e. The second kappa shape index (κ2) is 8.78. The van der Waals surface area contributed by atoms with E-state index < -0.39 is 12.3 Å². The number of ether oxygens (including phenoxy) is 1. The topological polar surface area (TPSA) is 114 Å². The van der Waals surface area contributed by atoms with E-state index in [1.165, 1.54) is 29.3 Å². The van der Waals surface area contributed by atoms with E-state index in [0.717, 1.165) is 11.3 Å². The highest BCUT2D eigenvalue weighted by Crippen LogP contribution is 2.33. The zero-order chi connectivity index (χ0) is 24.6. The van der Waals surface area contributed by atoms with Gasteiger partial charge in [0.2, 0.25) is 11.9 Å². The molecule has 0 aliphatic heterocycles. The average Bonchev–Trinajstić information content (AvgIpc) is 3.30. The first-order chi connectivity index (χ1) is 16.0. The number of nitrogens with zero attached hydrogens (tertiary/aromatic N) is 5. The van der Waals surface area contributed by atoms with Crippen LogP contribution in [0.1, 0.15) is 10.4 Å². The van der Waals surface area contributed by atoms with E-state index in [4.69, 9.17) is 0 Å². The van der Waals surface area contributed by atoms with Crippen molar-refractivity contribution in [3.63, 3.8) is 0 Å². The fourth-order valence-corrected chi connectivity index (χ4v) is 3.87. The molecule has 0 spiro atoms. The Morgan fingerprint density at radius 2 is 1.94 bits per heavy atom. The van der Waals surface area contributed by atoms with Crippen LogP contribution < -0.4 is 15.4 Å². The summed E-state index contributed by atoms with van der Waals surface area (Å²) in [7, 11) is 4.89. The van der Waals surface area contributed by atoms with Crippen LogP contribution in [-0.2, 0) is 11.8 Å². The number of fused-ring (bicyclic) bond motifs is 2. The van der Waals surface area contributed by atoms with Crippen molar-refractivity contribution >= 4 is 55.6 Å². The number of amides is 2. The lowest BCUT2D eigenvalue weighted by Gasteiger charge is -2.10. The number of rotatable bonds is 6. The van der Waals surface area contributed by atoms with Gasteiger partial charge in [-0.2, -0.15) is 0 Å². The van der Waals surface area contributed by atoms with E-state index >= 15 is 0 Å². The number of benzene rings is 1. The first-order valence-corrected chi connectivity index (χ1v) is 10.6. The van der Waals surface area contributed by atoms with Crippen molar-refractivity contribution in [2.75, 3.05) is 26.0 Å². The van der Waals surface area contributed by atoms with Gasteiger partial charge in [0, 0.05) is 33.4 Å². The van der Waals surface area contributed by atoms with Crippen LogP contribution in [0.25, 0.3) is 21.4 Å². The first kappa shape index (κ1) is 23.2. The number of hydrogen-bond acceptors (Lipinski definition) is 8. The lowest BCUT2D eigenvalue weighted by atomic mass is 10.2. The number of carbonyl (C=O) groups excluding carboxylic acids is 2. The monoisotopic (exact) mass is 493 g/mol. The number of likely N-dealkylation sites (N-methyl/N-ethyl adjacent to an activating group) is 1. The van der Waals surface area contributed by atoms with Gasteiger partial charge in [-0.25, -0.2) is 15.0 Å². The third kappa shape index (κ3) is 5.01. The SMILES string of the molecule is CN(C)C(=O)CNC(=O)c1cnc2c(c1)nc(Nc1nc3ccc(OC(F)(F)F)cc3s1)n2C. The molecule has 0 unspecified atom stereocenters. The van der Waals surface area contributed by atoms with Crippen LogP contribution in [0.4, 0.5) is 24.3 Å². The minimum absolute atomic E-state index is 0.147. The first-order valence-electron chi connectivity index (χ1n) is 9.74. The van der Waals surface area contributed by atoms with Crippen molar-refractivity contribution in [1.29, 1.82) is 0 Å². The maximum Gasteiger partial charge on any atom is 0.573 e. The molecular formula is C20H18F3N7O3S. The zero-order valence-electron chi connectivity index (χ0n) is 18.1. The van der Waals surface area contributed by atoms with Crippen molar-refractivity contribution in [1.82, 2.24) is 29.7 Å². The quantitative estimate of drug-likeness (QED) is 0.424. The molecule has 0 bridgehead atoms. The van der Waals surface area contributed by atoms with Crippen molar-refractivity contribution in [3.8, 4) is 5.75 Å². The molecule has 14 heteroatoms. The van der Waals surface area contributed by atoms with Gasteiger partial charge in [0.25, 0.3) is 5.91 Å². The molecule has 0 aliphatic carbocycles. The zero-order valence-corrected chi connectivity index (χ0v) is 18.9. The van der Waals surface area contributed by atoms with Crippen molar-refractivity contribution in [2.24, 2.45) is 7.05 Å². The standard InChI is InChI=1S/C20H18F3N7O3S/c1-29(2)15(31)9-25-17(32)10-6-13-16(24-8-10)30(3)18(26-13)28-19-27-12-5-4-11(7-14(12)34-19)33-20(21,22)23/h4-8H,9H2,1-3H3,(H,25,32)(H,26,27,28). The molecule has 4 rings (SSSR count). The van der Waals surface area contributed by atoms with E-state index in [0.29, 0.717) is 32.5 Å². The van der Waals surface area contributed by atoms with Crippen LogP contribution in [0.5, 0.6) is 5.75 Å². The van der Waals surface area contributed by atoms with Crippen molar-refractivity contribution in [3.05, 3.63) is 36.0 Å². The van der Waals surface area contributed by atoms with E-state index in [9.17, 15) is 22.8 Å². The van der Waals surface area contributed by atoms with E-state index in [2.05, 4.69) is 30.3 Å². The van der Waals surface area contributed by atoms with Crippen LogP contribution in [0, 0.1) is 0 Å². The highest BCUT2D eigenvalue weighted by atomic mass is 32.1. The molecule has 0 atom stereocenters. The van der Waals surface area contributed by atoms with Gasteiger partial charge in [-0.15, -0.1) is 13.2 Å². The van der Waals surface area contributed by atoms with Gasteiger partial charge in [0.1, 0.15) is 11.3 Å². The summed E-state index contributed by atoms with van der Waals surface area (Å²) in [6, 6.07) is 5.42. The number of imidazole rings is 1. The highest BCUT2D eigenvalue weighted by Gasteiger charge is 2.31. The predicted octanol–water partition coefficient (Wildman–Crippen LogP) is 3.04. The molecule has 0 aliphatic rings. The third-order valence-electron chi connectivity index (χ3n) is 4.68. The normalized spacial score (nSPS) is 11.6. The Morgan fingerprint density at radius 3 is 2.65 bits per heavy atom. The number of aryl methyl sites for hydroxylation is 1. The molecule has 0 fully saturated rings. The second-order valence-electron chi connectivity index (χ2n) is 7.35. The molecule has 0 saturated carbocycles. The Labute approximate surface area is 194 Å². The minimum atomic E-state index is -4.78. The van der Waals surface area contributed by atoms with Crippen LogP contribution in [0.2, 0.25) is 0 Å². The van der Waals surface area contributed by atoms with Gasteiger partial charge < -0.3 is 20.3 Å². The van der Waals surface area contributed by atoms with Crippen LogP contribution in [0.3, 0.4) is 0 Å². The Morgan fingerprint density at radius 1 is 1.18 bits per heavy atom. The van der Waals surface area contributed by atoms with Crippen molar-refractivity contribution in [2.45, 2.75) is 6.36 Å². The molecule has 4 aromatic rings. The maximum atomic E-state index is 12.5. The van der Waals surface area contributed by atoms with Crippen LogP contribution in [-0.4, -0.2) is 63.2 Å². The average molecular weight is 493 g/mol. The van der Waals surface area contributed by atoms with E-state index in [-0.39, 0.29) is 23.8 Å². The Kier molecular flexibility index (Phi) is 6.00. The molecule has 1 aromatic carbocycles. The number of thiazole rings is 1. The van der Waals surface area contributed by atoms with E-state index in [1.54, 1.807) is 31.8 Å². The molecule has 10 nitrogen and oxygen atoms in total. The molecule has 2 N–H and O–H groups in total. The van der Waals surface area contributed by atoms with Gasteiger partial charge in [-0.3, -0.25) is 14.2 Å². The number of nitrogens with one attached hydrogen (secondary N) is 2. The number of alkyl halides is 3. The molecule has 3 aromatic heterocycles. The largest absolute Gasteiger partial charge is 0.573 e. The number of pyridine rings is 1. The van der Waals surface area contributed by atoms with Crippen LogP contribution >= 0.6 is 11.3 Å². The maximum absolute atomic E-state index is 12.5. The third-order valence-corrected chi connectivity index (χ3v) is 5.62. The van der Waals surface area contributed by atoms with Gasteiger partial charge in [-0.1, -0.05) is 11.3 Å². The number of hydrogen-bond donors (Lipinski definition) is 2. The number of carbonyl (C=O) groups is 2. The molecule has 2 amide bonds. The fourth-order valence-electron chi connectivity index (χ4n) is 2.98. The Balaban J connectivity index is 1.54. The van der Waals surface area contributed by atoms with Gasteiger partial charge in [-0.05, 0) is 18.2 Å². The smallest absolute Gasteiger partial charge is 0.406 e.